The van der Waals surface area contributed by atoms with Gasteiger partial charge in [0.15, 0.2) is 0 Å². The summed E-state index contributed by atoms with van der Waals surface area (Å²) in [6, 6.07) is 7.44. The van der Waals surface area contributed by atoms with Crippen molar-refractivity contribution in [3.8, 4) is 0 Å². The van der Waals surface area contributed by atoms with Crippen LogP contribution in [0.2, 0.25) is 0 Å². The molecule has 4 rings (SSSR count). The highest BCUT2D eigenvalue weighted by atomic mass is 32.1. The zero-order valence-electron chi connectivity index (χ0n) is 35.5. The number of thiazole rings is 1. The summed E-state index contributed by atoms with van der Waals surface area (Å²) in [6.07, 6.45) is 8.71. The Bertz CT molecular complexity index is 1700. The molecule has 0 spiro atoms. The predicted molar refractivity (Wildman–Crippen MR) is 226 cm³/mol. The zero-order chi connectivity index (χ0) is 42.4. The lowest BCUT2D eigenvalue weighted by molar-refractivity contribution is -0.145. The number of amides is 4. The fraction of sp³-hybridized carbons (Fsp3) is 0.636. The van der Waals surface area contributed by atoms with E-state index in [0.29, 0.717) is 30.7 Å². The summed E-state index contributed by atoms with van der Waals surface area (Å²) in [5, 5.41) is 22.8. The number of esters is 1. The van der Waals surface area contributed by atoms with E-state index < -0.39 is 36.1 Å². The molecule has 0 radical (unpaired) electrons. The van der Waals surface area contributed by atoms with Gasteiger partial charge >= 0.3 is 5.97 Å². The van der Waals surface area contributed by atoms with Gasteiger partial charge in [0.25, 0.3) is 5.91 Å². The van der Waals surface area contributed by atoms with Crippen molar-refractivity contribution < 1.29 is 33.8 Å². The largest absolute Gasteiger partial charge is 0.469 e. The monoisotopic (exact) mass is 822 g/mol. The topological polar surface area (TPSA) is 170 Å². The summed E-state index contributed by atoms with van der Waals surface area (Å²) in [6.45, 7) is 10.1. The van der Waals surface area contributed by atoms with Crippen molar-refractivity contribution in [3.05, 3.63) is 63.7 Å². The number of carbonyl (C=O) groups excluding carboxylic acids is 5. The Morgan fingerprint density at radius 2 is 1.76 bits per heavy atom. The normalized spacial score (nSPS) is 19.1. The van der Waals surface area contributed by atoms with Gasteiger partial charge in [-0.3, -0.25) is 28.9 Å². The fourth-order valence-corrected chi connectivity index (χ4v) is 8.71. The van der Waals surface area contributed by atoms with E-state index in [1.165, 1.54) is 12.0 Å². The third kappa shape index (κ3) is 13.5. The zero-order valence-corrected chi connectivity index (χ0v) is 36.3. The molecular weight excluding hydrogens is 757 g/mol. The number of likely N-dealkylation sites (tertiary alicyclic amines) is 1. The van der Waals surface area contributed by atoms with Crippen molar-refractivity contribution in [2.75, 3.05) is 27.2 Å². The minimum Gasteiger partial charge on any atom is -0.469 e. The standard InChI is InChI=1S/C44H66N6O7S/c1-8-29(4)39(48-41(54)35-21-15-16-22-49(35)6)43(55)50(26-38(52)45-32-19-13-10-14-20-32)36(28(2)3)25-37(51)42-47-34(27-58-42)40(53)46-33(23-30(5)44(56)57-7)24-31-17-11-9-12-18-31/h9,11-12,17-19,27-30,33,35-37,39,51H,8,10,13-16,20-26H2,1-7H3,(H,45,52)(H,46,53)(H,48,54)/t29-,30-,33+,35+,36+,37+,39-/m0/s1. The lowest BCUT2D eigenvalue weighted by Gasteiger charge is -2.39. The summed E-state index contributed by atoms with van der Waals surface area (Å²) in [7, 11) is 3.27. The quantitative estimate of drug-likeness (QED) is 0.125. The number of nitrogens with zero attached hydrogens (tertiary/aromatic N) is 3. The van der Waals surface area contributed by atoms with Crippen LogP contribution in [0.4, 0.5) is 0 Å². The number of methoxy groups -OCH3 is 1. The van der Waals surface area contributed by atoms with E-state index in [9.17, 15) is 29.1 Å². The summed E-state index contributed by atoms with van der Waals surface area (Å²) in [5.74, 6) is -2.57. The average Bonchev–Trinajstić information content (AvgIpc) is 3.72. The minimum absolute atomic E-state index is 0.0494. The Balaban J connectivity index is 1.57. The first-order valence-electron chi connectivity index (χ1n) is 21.1. The molecule has 4 amide bonds. The van der Waals surface area contributed by atoms with Gasteiger partial charge in [-0.2, -0.15) is 0 Å². The molecule has 1 saturated heterocycles. The van der Waals surface area contributed by atoms with E-state index in [2.05, 4.69) is 20.9 Å². The molecule has 2 aromatic rings. The van der Waals surface area contributed by atoms with Crippen molar-refractivity contribution in [2.24, 2.45) is 17.8 Å². The minimum atomic E-state index is -1.16. The molecule has 0 unspecified atom stereocenters. The van der Waals surface area contributed by atoms with Crippen LogP contribution in [-0.4, -0.2) is 101 Å². The third-order valence-corrected chi connectivity index (χ3v) is 12.6. The molecule has 1 fully saturated rings. The van der Waals surface area contributed by atoms with Crippen molar-refractivity contribution in [1.82, 2.24) is 30.7 Å². The Kier molecular flexibility index (Phi) is 18.3. The van der Waals surface area contributed by atoms with Gasteiger partial charge in [-0.05, 0) is 82.4 Å². The van der Waals surface area contributed by atoms with Gasteiger partial charge in [0.05, 0.1) is 19.1 Å². The van der Waals surface area contributed by atoms with Gasteiger partial charge in [0, 0.05) is 29.6 Å². The Labute approximate surface area is 348 Å². The maximum Gasteiger partial charge on any atom is 0.308 e. The van der Waals surface area contributed by atoms with Crippen LogP contribution in [0.3, 0.4) is 0 Å². The molecule has 2 heterocycles. The van der Waals surface area contributed by atoms with E-state index in [1.54, 1.807) is 12.3 Å². The van der Waals surface area contributed by atoms with E-state index >= 15 is 0 Å². The first kappa shape index (κ1) is 46.5. The van der Waals surface area contributed by atoms with E-state index in [1.807, 2.05) is 76.1 Å². The molecule has 4 N–H and O–H groups in total. The summed E-state index contributed by atoms with van der Waals surface area (Å²) < 4.78 is 4.93. The number of hydrogen-bond donors (Lipinski definition) is 4. The van der Waals surface area contributed by atoms with Gasteiger partial charge < -0.3 is 30.7 Å². The van der Waals surface area contributed by atoms with Gasteiger partial charge in [-0.1, -0.05) is 83.9 Å². The molecule has 7 atom stereocenters. The van der Waals surface area contributed by atoms with Gasteiger partial charge in [-0.25, -0.2) is 4.98 Å². The molecule has 0 saturated carbocycles. The molecule has 1 aromatic carbocycles. The maximum atomic E-state index is 14.8. The number of benzene rings is 1. The van der Waals surface area contributed by atoms with E-state index in [0.717, 1.165) is 67.7 Å². The van der Waals surface area contributed by atoms with E-state index in [4.69, 9.17) is 4.74 Å². The van der Waals surface area contributed by atoms with Gasteiger partial charge in [-0.15, -0.1) is 11.3 Å². The number of aliphatic hydroxyl groups is 1. The second kappa shape index (κ2) is 22.9. The molecular formula is C44H66N6O7S. The van der Waals surface area contributed by atoms with Crippen LogP contribution >= 0.6 is 11.3 Å². The molecule has 1 aromatic heterocycles. The number of piperidine rings is 1. The van der Waals surface area contributed by atoms with Crippen molar-refractivity contribution in [2.45, 2.75) is 136 Å². The summed E-state index contributed by atoms with van der Waals surface area (Å²) in [4.78, 5) is 76.2. The molecule has 1 aliphatic heterocycles. The Morgan fingerprint density at radius 1 is 1.02 bits per heavy atom. The van der Waals surface area contributed by atoms with Crippen molar-refractivity contribution in [1.29, 1.82) is 0 Å². The molecule has 0 bridgehead atoms. The number of aromatic nitrogens is 1. The van der Waals surface area contributed by atoms with Crippen LogP contribution < -0.4 is 16.0 Å². The van der Waals surface area contributed by atoms with E-state index in [-0.39, 0.29) is 60.2 Å². The van der Waals surface area contributed by atoms with Crippen LogP contribution in [0.5, 0.6) is 0 Å². The van der Waals surface area contributed by atoms with Crippen LogP contribution in [0.1, 0.15) is 126 Å². The van der Waals surface area contributed by atoms with Crippen molar-refractivity contribution >= 4 is 40.9 Å². The first-order valence-corrected chi connectivity index (χ1v) is 22.0. The number of ether oxygens (including phenoxy) is 1. The number of hydrogen-bond acceptors (Lipinski definition) is 10. The molecule has 58 heavy (non-hydrogen) atoms. The van der Waals surface area contributed by atoms with Crippen LogP contribution in [-0.2, 0) is 30.3 Å². The molecule has 2 aliphatic rings. The van der Waals surface area contributed by atoms with Crippen LogP contribution in [0.15, 0.2) is 47.5 Å². The highest BCUT2D eigenvalue weighted by Gasteiger charge is 2.39. The third-order valence-electron chi connectivity index (χ3n) is 11.6. The highest BCUT2D eigenvalue weighted by Crippen LogP contribution is 2.29. The maximum absolute atomic E-state index is 14.8. The predicted octanol–water partition coefficient (Wildman–Crippen LogP) is 5.55. The van der Waals surface area contributed by atoms with Crippen LogP contribution in [0, 0.1) is 17.8 Å². The number of nitrogens with one attached hydrogen (secondary N) is 3. The Morgan fingerprint density at radius 3 is 2.40 bits per heavy atom. The van der Waals surface area contributed by atoms with Crippen molar-refractivity contribution in [3.63, 3.8) is 0 Å². The first-order chi connectivity index (χ1) is 27.7. The lowest BCUT2D eigenvalue weighted by atomic mass is 9.92. The second-order valence-electron chi connectivity index (χ2n) is 16.5. The number of likely N-dealkylation sites (N-methyl/N-ethyl adjacent to an activating group) is 1. The lowest BCUT2D eigenvalue weighted by Crippen LogP contribution is -2.60. The van der Waals surface area contributed by atoms with Crippen LogP contribution in [0.25, 0.3) is 0 Å². The number of aliphatic hydroxyl groups excluding tert-OH is 1. The summed E-state index contributed by atoms with van der Waals surface area (Å²) >= 11 is 1.14. The Hall–Kier alpha value is -4.14. The highest BCUT2D eigenvalue weighted by molar-refractivity contribution is 7.09. The number of carbonyl (C=O) groups is 5. The molecule has 14 heteroatoms. The molecule has 1 aliphatic carbocycles. The molecule has 13 nitrogen and oxygen atoms in total. The average molecular weight is 823 g/mol. The second-order valence-corrected chi connectivity index (χ2v) is 17.4. The van der Waals surface area contributed by atoms with Gasteiger partial charge in [0.2, 0.25) is 17.7 Å². The summed E-state index contributed by atoms with van der Waals surface area (Å²) in [5.41, 5.74) is 1.97. The van der Waals surface area contributed by atoms with Gasteiger partial charge in [0.1, 0.15) is 29.4 Å². The SMILES string of the molecule is CC[C@H](C)[C@H](NC(=O)[C@H]1CCCCN1C)C(=O)N(CC(=O)NC1=CCCCC1)[C@H](C[C@@H](O)c1nc(C(=O)N[C@@H](Cc2ccccc2)C[C@H](C)C(=O)OC)cs1)C(C)C. The number of rotatable bonds is 20. The fourth-order valence-electron chi connectivity index (χ4n) is 7.91. The number of allylic oxidation sites excluding steroid dienone is 2. The smallest absolute Gasteiger partial charge is 0.308 e. The molecule has 320 valence electrons.